The van der Waals surface area contributed by atoms with E-state index in [0.717, 1.165) is 5.57 Å². The molecule has 0 saturated carbocycles. The lowest BCUT2D eigenvalue weighted by molar-refractivity contribution is -0.136. The molecule has 0 aliphatic carbocycles. The fraction of sp³-hybridized carbons (Fsp3) is 0.571. The Bertz CT molecular complexity index is 125. The highest BCUT2D eigenvalue weighted by Gasteiger charge is 2.03. The van der Waals surface area contributed by atoms with Crippen molar-refractivity contribution in [2.24, 2.45) is 5.92 Å². The normalized spacial score (nSPS) is 9.67. The third-order valence-electron chi connectivity index (χ3n) is 1.19. The van der Waals surface area contributed by atoms with Gasteiger partial charge in [-0.2, -0.15) is 0 Å². The summed E-state index contributed by atoms with van der Waals surface area (Å²) in [5.74, 6) is -0.519. The summed E-state index contributed by atoms with van der Waals surface area (Å²) in [6, 6.07) is 0. The topological polar surface area (TPSA) is 37.3 Å². The van der Waals surface area contributed by atoms with Gasteiger partial charge in [-0.05, 0) is 5.92 Å². The molecule has 0 unspecified atom stereocenters. The molecule has 0 spiro atoms. The largest absolute Gasteiger partial charge is 0.481 e. The van der Waals surface area contributed by atoms with Crippen molar-refractivity contribution in [2.75, 3.05) is 0 Å². The predicted molar refractivity (Wildman–Crippen MR) is 36.2 cm³/mol. The first-order valence-corrected chi connectivity index (χ1v) is 2.93. The summed E-state index contributed by atoms with van der Waals surface area (Å²) in [5, 5.41) is 8.27. The first kappa shape index (κ1) is 8.21. The van der Waals surface area contributed by atoms with Crippen molar-refractivity contribution in [3.63, 3.8) is 0 Å². The van der Waals surface area contributed by atoms with Crippen molar-refractivity contribution in [2.45, 2.75) is 20.3 Å². The zero-order chi connectivity index (χ0) is 7.44. The van der Waals surface area contributed by atoms with E-state index in [9.17, 15) is 4.79 Å². The van der Waals surface area contributed by atoms with Gasteiger partial charge in [0.1, 0.15) is 0 Å². The van der Waals surface area contributed by atoms with Crippen LogP contribution in [0.3, 0.4) is 0 Å². The maximum atomic E-state index is 10.1. The van der Waals surface area contributed by atoms with Gasteiger partial charge in [0.15, 0.2) is 0 Å². The minimum absolute atomic E-state index is 0.0949. The third-order valence-corrected chi connectivity index (χ3v) is 1.19. The fourth-order valence-electron chi connectivity index (χ4n) is 0.398. The number of carboxylic acid groups (broad SMARTS) is 1. The summed E-state index contributed by atoms with van der Waals surface area (Å²) in [5.41, 5.74) is 0.780. The van der Waals surface area contributed by atoms with Crippen molar-refractivity contribution in [3.8, 4) is 0 Å². The van der Waals surface area contributed by atoms with Crippen LogP contribution < -0.4 is 0 Å². The lowest BCUT2D eigenvalue weighted by Gasteiger charge is -2.04. The number of carboxylic acids is 1. The van der Waals surface area contributed by atoms with Crippen LogP contribution >= 0.6 is 0 Å². The van der Waals surface area contributed by atoms with Gasteiger partial charge in [0.25, 0.3) is 0 Å². The van der Waals surface area contributed by atoms with Crippen LogP contribution in [0.25, 0.3) is 0 Å². The molecule has 0 rings (SSSR count). The summed E-state index contributed by atoms with van der Waals surface area (Å²) in [4.78, 5) is 10.1. The molecule has 0 aromatic carbocycles. The SMILES string of the molecule is C=C(CC(=O)O)C(C)C. The second-order valence-corrected chi connectivity index (χ2v) is 2.38. The highest BCUT2D eigenvalue weighted by atomic mass is 16.4. The zero-order valence-electron chi connectivity index (χ0n) is 5.85. The summed E-state index contributed by atoms with van der Waals surface area (Å²) in [7, 11) is 0. The molecule has 0 heterocycles. The van der Waals surface area contributed by atoms with E-state index in [1.165, 1.54) is 0 Å². The van der Waals surface area contributed by atoms with Crippen molar-refractivity contribution < 1.29 is 9.90 Å². The number of aliphatic carboxylic acids is 1. The molecule has 0 fully saturated rings. The van der Waals surface area contributed by atoms with Gasteiger partial charge in [0.05, 0.1) is 6.42 Å². The van der Waals surface area contributed by atoms with Gasteiger partial charge in [-0.15, -0.1) is 0 Å². The molecule has 52 valence electrons. The van der Waals surface area contributed by atoms with Gasteiger partial charge in [-0.3, -0.25) is 4.79 Å². The van der Waals surface area contributed by atoms with Crippen molar-refractivity contribution in [3.05, 3.63) is 12.2 Å². The van der Waals surface area contributed by atoms with Crippen LogP contribution in [0.2, 0.25) is 0 Å². The van der Waals surface area contributed by atoms with Crippen LogP contribution in [0.15, 0.2) is 12.2 Å². The van der Waals surface area contributed by atoms with Crippen molar-refractivity contribution >= 4 is 5.97 Å². The molecule has 0 radical (unpaired) electrons. The first-order valence-electron chi connectivity index (χ1n) is 2.93. The van der Waals surface area contributed by atoms with Crippen LogP contribution in [0, 0.1) is 5.92 Å². The highest BCUT2D eigenvalue weighted by molar-refractivity contribution is 5.69. The second-order valence-electron chi connectivity index (χ2n) is 2.38. The molecule has 0 bridgehead atoms. The standard InChI is InChI=1S/C7H12O2/c1-5(2)6(3)4-7(8)9/h5H,3-4H2,1-2H3,(H,8,9). The summed E-state index contributed by atoms with van der Waals surface area (Å²) in [6.07, 6.45) is 0.0949. The molecule has 1 N–H and O–H groups in total. The Morgan fingerprint density at radius 2 is 2.11 bits per heavy atom. The van der Waals surface area contributed by atoms with Gasteiger partial charge in [-0.25, -0.2) is 0 Å². The second kappa shape index (κ2) is 3.28. The number of hydrogen-bond donors (Lipinski definition) is 1. The summed E-state index contributed by atoms with van der Waals surface area (Å²) >= 11 is 0. The molecule has 0 amide bonds. The molecule has 2 nitrogen and oxygen atoms in total. The molecule has 0 atom stereocenters. The van der Waals surface area contributed by atoms with Crippen LogP contribution in [-0.4, -0.2) is 11.1 Å². The lowest BCUT2D eigenvalue weighted by Crippen LogP contribution is -2.00. The Labute approximate surface area is 55.2 Å². The van der Waals surface area contributed by atoms with E-state index in [1.54, 1.807) is 0 Å². The van der Waals surface area contributed by atoms with E-state index in [-0.39, 0.29) is 12.3 Å². The maximum absolute atomic E-state index is 10.1. The molecule has 2 heteroatoms. The summed E-state index contributed by atoms with van der Waals surface area (Å²) < 4.78 is 0. The molecule has 0 aromatic heterocycles. The number of carbonyl (C=O) groups is 1. The van der Waals surface area contributed by atoms with Gasteiger partial charge in [-0.1, -0.05) is 26.0 Å². The molecular formula is C7H12O2. The first-order chi connectivity index (χ1) is 4.04. The highest BCUT2D eigenvalue weighted by Crippen LogP contribution is 2.09. The van der Waals surface area contributed by atoms with Gasteiger partial charge >= 0.3 is 5.97 Å². The Morgan fingerprint density at radius 1 is 1.67 bits per heavy atom. The van der Waals surface area contributed by atoms with E-state index >= 15 is 0 Å². The average Bonchev–Trinajstić information content (AvgIpc) is 1.63. The minimum atomic E-state index is -0.797. The molecule has 0 saturated heterocycles. The van der Waals surface area contributed by atoms with E-state index in [0.29, 0.717) is 0 Å². The Kier molecular flexibility index (Phi) is 2.99. The van der Waals surface area contributed by atoms with Gasteiger partial charge in [0, 0.05) is 0 Å². The van der Waals surface area contributed by atoms with Crippen molar-refractivity contribution in [1.29, 1.82) is 0 Å². The minimum Gasteiger partial charge on any atom is -0.481 e. The third kappa shape index (κ3) is 3.76. The monoisotopic (exact) mass is 128 g/mol. The molecule has 0 aromatic rings. The van der Waals surface area contributed by atoms with Gasteiger partial charge in [0.2, 0.25) is 0 Å². The lowest BCUT2D eigenvalue weighted by atomic mass is 10.0. The predicted octanol–water partition coefficient (Wildman–Crippen LogP) is 1.67. The molecular weight excluding hydrogens is 116 g/mol. The van der Waals surface area contributed by atoms with E-state index < -0.39 is 5.97 Å². The van der Waals surface area contributed by atoms with Crippen molar-refractivity contribution in [1.82, 2.24) is 0 Å². The fourth-order valence-corrected chi connectivity index (χ4v) is 0.398. The average molecular weight is 128 g/mol. The Balaban J connectivity index is 3.64. The van der Waals surface area contributed by atoms with Crippen LogP contribution in [0.4, 0.5) is 0 Å². The van der Waals surface area contributed by atoms with E-state index in [2.05, 4.69) is 6.58 Å². The zero-order valence-corrected chi connectivity index (χ0v) is 5.85. The number of rotatable bonds is 3. The quantitative estimate of drug-likeness (QED) is 0.587. The summed E-state index contributed by atoms with van der Waals surface area (Å²) in [6.45, 7) is 7.49. The van der Waals surface area contributed by atoms with Crippen LogP contribution in [-0.2, 0) is 4.79 Å². The maximum Gasteiger partial charge on any atom is 0.307 e. The molecule has 0 aliphatic heterocycles. The van der Waals surface area contributed by atoms with E-state index in [1.807, 2.05) is 13.8 Å². The molecule has 9 heavy (non-hydrogen) atoms. The van der Waals surface area contributed by atoms with Crippen LogP contribution in [0.1, 0.15) is 20.3 Å². The van der Waals surface area contributed by atoms with Crippen LogP contribution in [0.5, 0.6) is 0 Å². The number of hydrogen-bond acceptors (Lipinski definition) is 1. The van der Waals surface area contributed by atoms with E-state index in [4.69, 9.17) is 5.11 Å². The Hall–Kier alpha value is -0.790. The smallest absolute Gasteiger partial charge is 0.307 e. The Morgan fingerprint density at radius 3 is 2.22 bits per heavy atom. The van der Waals surface area contributed by atoms with Gasteiger partial charge < -0.3 is 5.11 Å². The molecule has 0 aliphatic rings.